The molecule has 0 spiro atoms. The molecule has 0 aliphatic heterocycles. The molecule has 178 valence electrons. The standard InChI is InChI=1S/C22H29FO8S/c1-12-8-16-15-5-4-13-9-14(25)6-7-19(13,2)21(15,23)17(26)10-20(16,3)22(12,18(27)11-24)31-32(28,29)30/h6-7,9,12,15-17,24,26H,4-5,8,10-11H2,1-3H3,(H,28,29,30)/t12-,15+,16+,17+,19+,20+,21+,22+/m1/s1. The van der Waals surface area contributed by atoms with E-state index in [-0.39, 0.29) is 18.6 Å². The maximum absolute atomic E-state index is 17.1. The molecule has 0 aromatic heterocycles. The van der Waals surface area contributed by atoms with Gasteiger partial charge in [-0.25, -0.2) is 8.57 Å². The molecule has 10 heteroatoms. The Kier molecular flexibility index (Phi) is 5.20. The molecule has 4 rings (SSSR count). The summed E-state index contributed by atoms with van der Waals surface area (Å²) in [5, 5.41) is 20.9. The zero-order valence-corrected chi connectivity index (χ0v) is 19.1. The van der Waals surface area contributed by atoms with Gasteiger partial charge in [0.1, 0.15) is 6.61 Å². The van der Waals surface area contributed by atoms with Crippen LogP contribution in [0.1, 0.15) is 46.5 Å². The van der Waals surface area contributed by atoms with Gasteiger partial charge < -0.3 is 10.2 Å². The molecule has 3 N–H and O–H groups in total. The van der Waals surface area contributed by atoms with E-state index in [1.54, 1.807) is 20.8 Å². The minimum atomic E-state index is -5.11. The van der Waals surface area contributed by atoms with Crippen molar-refractivity contribution in [3.05, 3.63) is 23.8 Å². The van der Waals surface area contributed by atoms with Gasteiger partial charge in [0.15, 0.2) is 22.8 Å². The number of allylic oxidation sites excluding steroid dienone is 4. The molecule has 0 unspecified atom stereocenters. The number of hydrogen-bond donors (Lipinski definition) is 3. The first-order chi connectivity index (χ1) is 14.7. The fourth-order valence-corrected chi connectivity index (χ4v) is 8.41. The van der Waals surface area contributed by atoms with Gasteiger partial charge in [-0.05, 0) is 56.6 Å². The lowest BCUT2D eigenvalue weighted by molar-refractivity contribution is -0.215. The highest BCUT2D eigenvalue weighted by molar-refractivity contribution is 7.81. The monoisotopic (exact) mass is 472 g/mol. The van der Waals surface area contributed by atoms with Crippen molar-refractivity contribution < 1.29 is 41.3 Å². The van der Waals surface area contributed by atoms with E-state index in [9.17, 15) is 32.8 Å². The van der Waals surface area contributed by atoms with Crippen molar-refractivity contribution in [1.29, 1.82) is 0 Å². The quantitative estimate of drug-likeness (QED) is 0.526. The number of hydrogen-bond acceptors (Lipinski definition) is 7. The van der Waals surface area contributed by atoms with Crippen molar-refractivity contribution in [2.24, 2.45) is 28.6 Å². The fraction of sp³-hybridized carbons (Fsp3) is 0.727. The van der Waals surface area contributed by atoms with Gasteiger partial charge in [-0.2, -0.15) is 8.42 Å². The molecule has 0 radical (unpaired) electrons. The molecular weight excluding hydrogens is 443 g/mol. The summed E-state index contributed by atoms with van der Waals surface area (Å²) in [4.78, 5) is 24.9. The number of aliphatic hydroxyl groups is 2. The summed E-state index contributed by atoms with van der Waals surface area (Å²) in [5.41, 5.74) is -6.30. The van der Waals surface area contributed by atoms with Crippen LogP contribution >= 0.6 is 0 Å². The number of rotatable bonds is 4. The molecule has 32 heavy (non-hydrogen) atoms. The third kappa shape index (κ3) is 2.76. The Morgan fingerprint density at radius 2 is 1.97 bits per heavy atom. The van der Waals surface area contributed by atoms with E-state index < -0.39 is 68.7 Å². The summed E-state index contributed by atoms with van der Waals surface area (Å²) >= 11 is 0. The number of carbonyl (C=O) groups is 2. The van der Waals surface area contributed by atoms with Crippen molar-refractivity contribution in [1.82, 2.24) is 0 Å². The summed E-state index contributed by atoms with van der Waals surface area (Å²) in [6.45, 7) is 3.76. The lowest BCUT2D eigenvalue weighted by Crippen LogP contribution is -2.70. The van der Waals surface area contributed by atoms with Gasteiger partial charge in [0.2, 0.25) is 0 Å². The van der Waals surface area contributed by atoms with Crippen molar-refractivity contribution in [3.63, 3.8) is 0 Å². The Hall–Kier alpha value is -1.46. The van der Waals surface area contributed by atoms with E-state index in [0.29, 0.717) is 18.4 Å². The largest absolute Gasteiger partial charge is 0.398 e. The second-order valence-corrected chi connectivity index (χ2v) is 11.3. The maximum atomic E-state index is 17.1. The van der Waals surface area contributed by atoms with Gasteiger partial charge in [0.25, 0.3) is 0 Å². The summed E-state index contributed by atoms with van der Waals surface area (Å²) in [6.07, 6.45) is 3.19. The number of Topliss-reactive ketones (excluding diaryl/α,β-unsaturated/α-hetero) is 1. The topological polar surface area (TPSA) is 138 Å². The highest BCUT2D eigenvalue weighted by Gasteiger charge is 2.77. The molecule has 8 atom stereocenters. The Morgan fingerprint density at radius 1 is 1.31 bits per heavy atom. The Morgan fingerprint density at radius 3 is 2.56 bits per heavy atom. The van der Waals surface area contributed by atoms with Crippen LogP contribution in [0, 0.1) is 28.6 Å². The van der Waals surface area contributed by atoms with E-state index in [1.165, 1.54) is 18.2 Å². The lowest BCUT2D eigenvalue weighted by Gasteiger charge is -2.62. The van der Waals surface area contributed by atoms with Crippen LogP contribution in [0.4, 0.5) is 4.39 Å². The van der Waals surface area contributed by atoms with Gasteiger partial charge in [-0.15, -0.1) is 0 Å². The first kappa shape index (κ1) is 23.7. The minimum absolute atomic E-state index is 0.207. The van der Waals surface area contributed by atoms with Gasteiger partial charge in [-0.3, -0.25) is 14.1 Å². The smallest absolute Gasteiger partial charge is 0.390 e. The van der Waals surface area contributed by atoms with Gasteiger partial charge in [0.05, 0.1) is 6.10 Å². The molecule has 8 nitrogen and oxygen atoms in total. The molecule has 3 fully saturated rings. The maximum Gasteiger partial charge on any atom is 0.398 e. The molecule has 3 saturated carbocycles. The predicted octanol–water partition coefficient (Wildman–Crippen LogP) is 1.72. The molecule has 0 amide bonds. The lowest BCUT2D eigenvalue weighted by atomic mass is 9.44. The van der Waals surface area contributed by atoms with Gasteiger partial charge in [0, 0.05) is 16.7 Å². The third-order valence-electron chi connectivity index (χ3n) is 8.98. The van der Waals surface area contributed by atoms with Gasteiger partial charge in [-0.1, -0.05) is 25.5 Å². The first-order valence-corrected chi connectivity index (χ1v) is 12.2. The van der Waals surface area contributed by atoms with Crippen LogP contribution in [-0.2, 0) is 24.2 Å². The Bertz CT molecular complexity index is 1040. The molecule has 0 aromatic carbocycles. The van der Waals surface area contributed by atoms with Crippen LogP contribution in [0.5, 0.6) is 0 Å². The van der Waals surface area contributed by atoms with Crippen LogP contribution in [-0.4, -0.2) is 58.7 Å². The normalized spacial score (nSPS) is 48.0. The molecule has 4 aliphatic rings. The second-order valence-electron chi connectivity index (χ2n) is 10.2. The zero-order chi connectivity index (χ0) is 23.9. The molecule has 0 heterocycles. The van der Waals surface area contributed by atoms with E-state index in [0.717, 1.165) is 0 Å². The van der Waals surface area contributed by atoms with Crippen molar-refractivity contribution >= 4 is 22.0 Å². The van der Waals surface area contributed by atoms with Crippen LogP contribution in [0.15, 0.2) is 23.8 Å². The van der Waals surface area contributed by atoms with Crippen LogP contribution in [0.2, 0.25) is 0 Å². The SMILES string of the molecule is C[C@@H]1C[C@H]2[C@@H]3CCC4=CC(=O)C=C[C@]4(C)[C@@]3(F)[C@@H](O)C[C@]2(C)[C@@]1(OS(=O)(=O)O)C(=O)CO. The Labute approximate surface area is 186 Å². The molecule has 0 saturated heterocycles. The number of fused-ring (bicyclic) bond motifs is 5. The highest BCUT2D eigenvalue weighted by Crippen LogP contribution is 2.71. The van der Waals surface area contributed by atoms with Crippen LogP contribution in [0.3, 0.4) is 0 Å². The summed E-state index contributed by atoms with van der Waals surface area (Å²) in [7, 11) is -5.11. The average molecular weight is 473 g/mol. The summed E-state index contributed by atoms with van der Waals surface area (Å²) in [5.74, 6) is -3.29. The number of carbonyl (C=O) groups excluding carboxylic acids is 2. The van der Waals surface area contributed by atoms with Gasteiger partial charge >= 0.3 is 10.4 Å². The van der Waals surface area contributed by atoms with Crippen LogP contribution < -0.4 is 0 Å². The number of aliphatic hydroxyl groups excluding tert-OH is 2. The first-order valence-electron chi connectivity index (χ1n) is 10.8. The van der Waals surface area contributed by atoms with E-state index in [4.69, 9.17) is 4.18 Å². The highest BCUT2D eigenvalue weighted by atomic mass is 32.3. The van der Waals surface area contributed by atoms with E-state index >= 15 is 4.39 Å². The molecule has 4 aliphatic carbocycles. The van der Waals surface area contributed by atoms with Crippen molar-refractivity contribution in [2.45, 2.75) is 63.8 Å². The average Bonchev–Trinajstić information content (AvgIpc) is 2.90. The van der Waals surface area contributed by atoms with Crippen LogP contribution in [0.25, 0.3) is 0 Å². The van der Waals surface area contributed by atoms with Crippen molar-refractivity contribution in [2.75, 3.05) is 6.61 Å². The second kappa shape index (κ2) is 7.02. The van der Waals surface area contributed by atoms with E-state index in [1.807, 2.05) is 0 Å². The Balaban J connectivity index is 1.88. The molecule has 0 aromatic rings. The number of halogens is 1. The third-order valence-corrected chi connectivity index (χ3v) is 9.45. The zero-order valence-electron chi connectivity index (χ0n) is 18.2. The number of ketones is 2. The molecule has 0 bridgehead atoms. The summed E-state index contributed by atoms with van der Waals surface area (Å²) in [6, 6.07) is 0. The number of alkyl halides is 1. The summed E-state index contributed by atoms with van der Waals surface area (Å²) < 4.78 is 55.2. The minimum Gasteiger partial charge on any atom is -0.390 e. The van der Waals surface area contributed by atoms with E-state index in [2.05, 4.69) is 0 Å². The molecular formula is C22H29FO8S. The predicted molar refractivity (Wildman–Crippen MR) is 110 cm³/mol. The fourth-order valence-electron chi connectivity index (χ4n) is 7.63. The van der Waals surface area contributed by atoms with Crippen molar-refractivity contribution in [3.8, 4) is 0 Å².